The topological polar surface area (TPSA) is 127 Å². The maximum absolute atomic E-state index is 13.0. The van der Waals surface area contributed by atoms with Gasteiger partial charge in [-0.2, -0.15) is 0 Å². The Hall–Kier alpha value is -0.830. The third-order valence-electron chi connectivity index (χ3n) is 14.7. The predicted molar refractivity (Wildman–Crippen MR) is 164 cm³/mol. The van der Waals surface area contributed by atoms with Gasteiger partial charge >= 0.3 is 0 Å². The molecular weight excluding hydrogens is 544 g/mol. The second-order valence-electron chi connectivity index (χ2n) is 17.7. The highest BCUT2D eigenvalue weighted by molar-refractivity contribution is 5.85. The molecule has 1 saturated heterocycles. The van der Waals surface area contributed by atoms with E-state index in [4.69, 9.17) is 4.74 Å². The Morgan fingerprint density at radius 1 is 0.860 bits per heavy atom. The molecule has 244 valence electrons. The molecule has 0 radical (unpaired) electrons. The van der Waals surface area contributed by atoms with Crippen LogP contribution < -0.4 is 0 Å². The minimum atomic E-state index is -1.48. The lowest BCUT2D eigenvalue weighted by Gasteiger charge is -2.67. The zero-order valence-electron chi connectivity index (χ0n) is 27.4. The van der Waals surface area contributed by atoms with Gasteiger partial charge in [-0.25, -0.2) is 0 Å². The summed E-state index contributed by atoms with van der Waals surface area (Å²) in [6.07, 6.45) is 5.91. The molecule has 1 heterocycles. The Morgan fingerprint density at radius 2 is 1.58 bits per heavy atom. The molecule has 43 heavy (non-hydrogen) atoms. The first-order chi connectivity index (χ1) is 20.0. The summed E-state index contributed by atoms with van der Waals surface area (Å²) in [5, 5.41) is 52.9. The molecule has 0 spiro atoms. The van der Waals surface area contributed by atoms with E-state index in [1.165, 1.54) is 0 Å². The highest BCUT2D eigenvalue weighted by atomic mass is 16.6. The number of ketones is 1. The van der Waals surface area contributed by atoms with Crippen molar-refractivity contribution >= 4 is 5.78 Å². The van der Waals surface area contributed by atoms with Gasteiger partial charge in [0.1, 0.15) is 36.3 Å². The number of aliphatic hydroxyl groups is 5. The highest BCUT2D eigenvalue weighted by Gasteiger charge is 2.65. The maximum atomic E-state index is 13.0. The lowest BCUT2D eigenvalue weighted by atomic mass is 9.37. The van der Waals surface area contributed by atoms with Gasteiger partial charge < -0.3 is 30.3 Å². The number of rotatable bonds is 4. The van der Waals surface area contributed by atoms with Crippen molar-refractivity contribution in [2.75, 3.05) is 6.61 Å². The number of aliphatic hydroxyl groups excluding tert-OH is 5. The van der Waals surface area contributed by atoms with E-state index in [1.54, 1.807) is 5.57 Å². The molecule has 0 aromatic carbocycles. The predicted octanol–water partition coefficient (Wildman–Crippen LogP) is 4.56. The van der Waals surface area contributed by atoms with Gasteiger partial charge in [0, 0.05) is 11.8 Å². The molecule has 6 aliphatic rings. The monoisotopic (exact) mass is 602 g/mol. The van der Waals surface area contributed by atoms with Crippen molar-refractivity contribution in [1.29, 1.82) is 0 Å². The standard InChI is InChI=1S/C36H58O7/c1-32(2)15-16-36(18-23(38)31-30(42)29(41)28(40)24(19-37)43-31)14-9-21-20(22(36)17-32)7-8-26-34(21,5)12-10-25-33(3,4)27(39)11-13-35(25,26)6/h7,21-26,28-31,37-38,40-42H,8-19H2,1-6H3/t21?,22?,23-,24?,25?,26?,28+,29?,30?,31+,34+,35+,36+/m1/s1. The van der Waals surface area contributed by atoms with Crippen molar-refractivity contribution < 1.29 is 35.1 Å². The fraction of sp³-hybridized carbons (Fsp3) is 0.917. The molecule has 7 nitrogen and oxygen atoms in total. The zero-order chi connectivity index (χ0) is 31.3. The van der Waals surface area contributed by atoms with E-state index in [0.29, 0.717) is 42.3 Å². The number of carbonyl (C=O) groups is 1. The molecule has 1 aliphatic heterocycles. The van der Waals surface area contributed by atoms with Crippen LogP contribution in [-0.2, 0) is 9.53 Å². The quantitative estimate of drug-likeness (QED) is 0.299. The normalized spacial score (nSPS) is 51.3. The molecule has 0 amide bonds. The number of fused-ring (bicyclic) bond motifs is 7. The van der Waals surface area contributed by atoms with Crippen LogP contribution in [0.4, 0.5) is 0 Å². The average molecular weight is 603 g/mol. The summed E-state index contributed by atoms with van der Waals surface area (Å²) in [7, 11) is 0. The lowest BCUT2D eigenvalue weighted by molar-refractivity contribution is -0.253. The third-order valence-corrected chi connectivity index (χ3v) is 14.7. The fourth-order valence-corrected chi connectivity index (χ4v) is 12.2. The first-order valence-electron chi connectivity index (χ1n) is 17.2. The summed E-state index contributed by atoms with van der Waals surface area (Å²) >= 11 is 0. The summed E-state index contributed by atoms with van der Waals surface area (Å²) in [6, 6.07) is 0. The summed E-state index contributed by atoms with van der Waals surface area (Å²) < 4.78 is 5.83. The Labute approximate surface area is 258 Å². The largest absolute Gasteiger partial charge is 0.394 e. The Kier molecular flexibility index (Phi) is 7.92. The fourth-order valence-electron chi connectivity index (χ4n) is 12.2. The Balaban J connectivity index is 1.31. The molecule has 0 bridgehead atoms. The average Bonchev–Trinajstić information content (AvgIpc) is 2.94. The SMILES string of the molecule is CC1(C)CC[C@]2(C[C@@H](O)[C@@H]3OC(CO)[C@H](O)C(O)C3O)CCC3C(=CCC4[C@@]3(C)CCC3C(C)(C)C(=O)CC[C@@]34C)C2C1. The first kappa shape index (κ1) is 32.1. The second-order valence-corrected chi connectivity index (χ2v) is 17.7. The summed E-state index contributed by atoms with van der Waals surface area (Å²) in [5.74, 6) is 2.27. The van der Waals surface area contributed by atoms with Crippen LogP contribution in [-0.4, -0.2) is 74.5 Å². The van der Waals surface area contributed by atoms with Crippen LogP contribution in [0.25, 0.3) is 0 Å². The van der Waals surface area contributed by atoms with Gasteiger partial charge in [-0.1, -0.05) is 53.2 Å². The van der Waals surface area contributed by atoms with Crippen LogP contribution in [0.1, 0.15) is 112 Å². The van der Waals surface area contributed by atoms with E-state index in [2.05, 4.69) is 47.6 Å². The van der Waals surface area contributed by atoms with Crippen molar-refractivity contribution in [1.82, 2.24) is 0 Å². The number of Topliss-reactive ketones (excluding diaryl/α,β-unsaturated/α-hetero) is 1. The Bertz CT molecular complexity index is 1130. The molecule has 0 aromatic heterocycles. The number of hydrogen-bond acceptors (Lipinski definition) is 7. The minimum Gasteiger partial charge on any atom is -0.394 e. The number of allylic oxidation sites excluding steroid dienone is 2. The van der Waals surface area contributed by atoms with E-state index < -0.39 is 43.2 Å². The molecule has 0 aromatic rings. The molecule has 5 aliphatic carbocycles. The molecule has 5 N–H and O–H groups in total. The van der Waals surface area contributed by atoms with Crippen LogP contribution in [0.5, 0.6) is 0 Å². The third kappa shape index (κ3) is 4.76. The van der Waals surface area contributed by atoms with Gasteiger partial charge in [-0.15, -0.1) is 0 Å². The summed E-state index contributed by atoms with van der Waals surface area (Å²) in [6.45, 7) is 13.7. The van der Waals surface area contributed by atoms with Gasteiger partial charge in [0.15, 0.2) is 0 Å². The Morgan fingerprint density at radius 3 is 2.28 bits per heavy atom. The van der Waals surface area contributed by atoms with E-state index in [9.17, 15) is 30.3 Å². The maximum Gasteiger partial charge on any atom is 0.138 e. The van der Waals surface area contributed by atoms with Crippen molar-refractivity contribution in [3.63, 3.8) is 0 Å². The van der Waals surface area contributed by atoms with Crippen LogP contribution in [0.3, 0.4) is 0 Å². The molecule has 13 atom stereocenters. The lowest BCUT2D eigenvalue weighted by Crippen LogP contribution is -2.63. The van der Waals surface area contributed by atoms with E-state index in [0.717, 1.165) is 57.8 Å². The molecule has 6 rings (SSSR count). The van der Waals surface area contributed by atoms with E-state index in [1.807, 2.05) is 0 Å². The molecular formula is C36H58O7. The summed E-state index contributed by atoms with van der Waals surface area (Å²) in [5.41, 5.74) is 1.75. The van der Waals surface area contributed by atoms with Crippen molar-refractivity contribution in [2.24, 2.45) is 50.7 Å². The van der Waals surface area contributed by atoms with E-state index >= 15 is 0 Å². The zero-order valence-corrected chi connectivity index (χ0v) is 27.4. The van der Waals surface area contributed by atoms with Crippen LogP contribution in [0.15, 0.2) is 11.6 Å². The minimum absolute atomic E-state index is 0.125. The molecule has 7 heteroatoms. The highest BCUT2D eigenvalue weighted by Crippen LogP contribution is 2.72. The van der Waals surface area contributed by atoms with Gasteiger partial charge in [0.05, 0.1) is 12.7 Å². The van der Waals surface area contributed by atoms with E-state index in [-0.39, 0.29) is 27.1 Å². The second kappa shape index (κ2) is 10.6. The summed E-state index contributed by atoms with van der Waals surface area (Å²) in [4.78, 5) is 13.0. The molecule has 7 unspecified atom stereocenters. The van der Waals surface area contributed by atoms with Crippen molar-refractivity contribution in [3.8, 4) is 0 Å². The van der Waals surface area contributed by atoms with Gasteiger partial charge in [0.25, 0.3) is 0 Å². The number of hydrogen-bond donors (Lipinski definition) is 5. The van der Waals surface area contributed by atoms with Gasteiger partial charge in [-0.3, -0.25) is 4.79 Å². The van der Waals surface area contributed by atoms with Crippen molar-refractivity contribution in [2.45, 2.75) is 149 Å². The van der Waals surface area contributed by atoms with Crippen LogP contribution in [0, 0.1) is 50.7 Å². The number of carbonyl (C=O) groups excluding carboxylic acids is 1. The van der Waals surface area contributed by atoms with Crippen LogP contribution >= 0.6 is 0 Å². The van der Waals surface area contributed by atoms with Gasteiger partial charge in [-0.05, 0) is 110 Å². The smallest absolute Gasteiger partial charge is 0.138 e. The van der Waals surface area contributed by atoms with Gasteiger partial charge in [0.2, 0.25) is 0 Å². The first-order valence-corrected chi connectivity index (χ1v) is 17.2. The number of ether oxygens (including phenoxy) is 1. The molecule has 5 fully saturated rings. The molecule has 4 saturated carbocycles. The van der Waals surface area contributed by atoms with Crippen LogP contribution in [0.2, 0.25) is 0 Å². The van der Waals surface area contributed by atoms with Crippen molar-refractivity contribution in [3.05, 3.63) is 11.6 Å².